The molecule has 2 aromatic rings. The molecule has 18 heavy (non-hydrogen) atoms. The Bertz CT molecular complexity index is 530. The van der Waals surface area contributed by atoms with Crippen LogP contribution in [0.3, 0.4) is 0 Å². The Morgan fingerprint density at radius 3 is 2.89 bits per heavy atom. The number of rotatable bonds is 5. The standard InChI is InChI=1S/C14H18N2OS/c1-10(9-17)18-14-12(8-15-2)7-11-5-3-4-6-13(11)16-14/h3-7,10,15,17H,8-9H2,1-2H3. The zero-order valence-electron chi connectivity index (χ0n) is 10.7. The van der Waals surface area contributed by atoms with Crippen LogP contribution in [0, 0.1) is 0 Å². The lowest BCUT2D eigenvalue weighted by atomic mass is 10.1. The predicted octanol–water partition coefficient (Wildman–Crippen LogP) is 2.43. The number of aliphatic hydroxyl groups is 1. The molecule has 1 aromatic heterocycles. The lowest BCUT2D eigenvalue weighted by Gasteiger charge is -2.12. The smallest absolute Gasteiger partial charge is 0.102 e. The third-order valence-corrected chi connectivity index (χ3v) is 3.83. The molecule has 1 heterocycles. The van der Waals surface area contributed by atoms with E-state index in [0.717, 1.165) is 22.5 Å². The first-order valence-electron chi connectivity index (χ1n) is 6.05. The minimum Gasteiger partial charge on any atom is -0.395 e. The number of pyridine rings is 1. The number of aliphatic hydroxyl groups excluding tert-OH is 1. The second-order valence-corrected chi connectivity index (χ2v) is 5.71. The fraction of sp³-hybridized carbons (Fsp3) is 0.357. The van der Waals surface area contributed by atoms with E-state index in [9.17, 15) is 0 Å². The van der Waals surface area contributed by atoms with E-state index in [-0.39, 0.29) is 11.9 Å². The second kappa shape index (κ2) is 6.18. The van der Waals surface area contributed by atoms with Gasteiger partial charge >= 0.3 is 0 Å². The van der Waals surface area contributed by atoms with Crippen molar-refractivity contribution in [1.29, 1.82) is 0 Å². The highest BCUT2D eigenvalue weighted by Crippen LogP contribution is 2.27. The molecule has 0 saturated carbocycles. The van der Waals surface area contributed by atoms with Crippen LogP contribution in [-0.2, 0) is 6.54 Å². The highest BCUT2D eigenvalue weighted by molar-refractivity contribution is 7.99. The van der Waals surface area contributed by atoms with Gasteiger partial charge in [0.05, 0.1) is 12.1 Å². The zero-order valence-corrected chi connectivity index (χ0v) is 11.5. The van der Waals surface area contributed by atoms with Crippen LogP contribution in [-0.4, -0.2) is 29.0 Å². The van der Waals surface area contributed by atoms with Gasteiger partial charge in [0.2, 0.25) is 0 Å². The summed E-state index contributed by atoms with van der Waals surface area (Å²) in [6.45, 7) is 2.96. The van der Waals surface area contributed by atoms with Crippen LogP contribution in [0.15, 0.2) is 35.4 Å². The number of para-hydroxylation sites is 1. The average molecular weight is 262 g/mol. The van der Waals surface area contributed by atoms with Crippen LogP contribution >= 0.6 is 11.8 Å². The zero-order chi connectivity index (χ0) is 13.0. The van der Waals surface area contributed by atoms with Gasteiger partial charge in [-0.2, -0.15) is 0 Å². The summed E-state index contributed by atoms with van der Waals surface area (Å²) < 4.78 is 0. The molecule has 1 unspecified atom stereocenters. The maximum Gasteiger partial charge on any atom is 0.102 e. The summed E-state index contributed by atoms with van der Waals surface area (Å²) in [5, 5.41) is 14.7. The van der Waals surface area contributed by atoms with Gasteiger partial charge in [0.25, 0.3) is 0 Å². The van der Waals surface area contributed by atoms with E-state index in [2.05, 4.69) is 17.4 Å². The molecule has 0 aliphatic carbocycles. The maximum atomic E-state index is 9.17. The van der Waals surface area contributed by atoms with Gasteiger partial charge in [-0.15, -0.1) is 11.8 Å². The number of hydrogen-bond donors (Lipinski definition) is 2. The highest BCUT2D eigenvalue weighted by atomic mass is 32.2. The Kier molecular flexibility index (Phi) is 4.58. The first-order valence-corrected chi connectivity index (χ1v) is 6.93. The van der Waals surface area contributed by atoms with Gasteiger partial charge in [-0.1, -0.05) is 25.1 Å². The summed E-state index contributed by atoms with van der Waals surface area (Å²) in [5.41, 5.74) is 2.19. The second-order valence-electron chi connectivity index (χ2n) is 4.29. The van der Waals surface area contributed by atoms with E-state index in [0.29, 0.717) is 0 Å². The average Bonchev–Trinajstić information content (AvgIpc) is 2.39. The Morgan fingerprint density at radius 2 is 2.17 bits per heavy atom. The third kappa shape index (κ3) is 3.02. The number of aromatic nitrogens is 1. The van der Waals surface area contributed by atoms with Crippen LogP contribution in [0.4, 0.5) is 0 Å². The van der Waals surface area contributed by atoms with Gasteiger partial charge in [-0.05, 0) is 24.7 Å². The molecule has 0 saturated heterocycles. The summed E-state index contributed by atoms with van der Waals surface area (Å²) in [6.07, 6.45) is 0. The fourth-order valence-electron chi connectivity index (χ4n) is 1.79. The van der Waals surface area contributed by atoms with E-state index in [1.165, 1.54) is 5.56 Å². The first-order chi connectivity index (χ1) is 8.74. The molecule has 1 atom stereocenters. The van der Waals surface area contributed by atoms with Crippen molar-refractivity contribution < 1.29 is 5.11 Å². The SMILES string of the molecule is CNCc1cc2ccccc2nc1SC(C)CO. The minimum atomic E-state index is 0.161. The van der Waals surface area contributed by atoms with Crippen molar-refractivity contribution in [1.82, 2.24) is 10.3 Å². The van der Waals surface area contributed by atoms with E-state index < -0.39 is 0 Å². The van der Waals surface area contributed by atoms with Gasteiger partial charge < -0.3 is 10.4 Å². The Balaban J connectivity index is 2.43. The minimum absolute atomic E-state index is 0.161. The van der Waals surface area contributed by atoms with Gasteiger partial charge in [0.15, 0.2) is 0 Å². The topological polar surface area (TPSA) is 45.2 Å². The number of nitrogens with zero attached hydrogens (tertiary/aromatic N) is 1. The van der Waals surface area contributed by atoms with Crippen LogP contribution in [0.1, 0.15) is 12.5 Å². The van der Waals surface area contributed by atoms with Crippen molar-refractivity contribution in [2.45, 2.75) is 23.7 Å². The molecule has 0 radical (unpaired) electrons. The molecule has 96 valence electrons. The maximum absolute atomic E-state index is 9.17. The van der Waals surface area contributed by atoms with Crippen molar-refractivity contribution in [2.24, 2.45) is 0 Å². The molecule has 2 N–H and O–H groups in total. The lowest BCUT2D eigenvalue weighted by Crippen LogP contribution is -2.09. The Labute approximate surface area is 112 Å². The third-order valence-electron chi connectivity index (χ3n) is 2.70. The molecule has 0 aliphatic rings. The molecule has 0 fully saturated rings. The molecule has 2 rings (SSSR count). The molecule has 1 aromatic carbocycles. The Morgan fingerprint density at radius 1 is 1.39 bits per heavy atom. The number of thioether (sulfide) groups is 1. The quantitative estimate of drug-likeness (QED) is 0.812. The summed E-state index contributed by atoms with van der Waals surface area (Å²) in [7, 11) is 1.93. The summed E-state index contributed by atoms with van der Waals surface area (Å²) >= 11 is 1.62. The van der Waals surface area contributed by atoms with Crippen molar-refractivity contribution in [3.05, 3.63) is 35.9 Å². The molecule has 4 heteroatoms. The van der Waals surface area contributed by atoms with Crippen molar-refractivity contribution >= 4 is 22.7 Å². The van der Waals surface area contributed by atoms with Crippen molar-refractivity contribution in [3.63, 3.8) is 0 Å². The number of fused-ring (bicyclic) bond motifs is 1. The highest BCUT2D eigenvalue weighted by Gasteiger charge is 2.10. The van der Waals surface area contributed by atoms with E-state index in [4.69, 9.17) is 10.1 Å². The molecule has 3 nitrogen and oxygen atoms in total. The number of nitrogens with one attached hydrogen (secondary N) is 1. The number of benzene rings is 1. The van der Waals surface area contributed by atoms with Gasteiger partial charge in [-0.25, -0.2) is 4.98 Å². The van der Waals surface area contributed by atoms with Crippen LogP contribution < -0.4 is 5.32 Å². The fourth-order valence-corrected chi connectivity index (χ4v) is 2.68. The van der Waals surface area contributed by atoms with Crippen molar-refractivity contribution in [3.8, 4) is 0 Å². The Hall–Kier alpha value is -1.10. The molecule has 0 aliphatic heterocycles. The molecule has 0 spiro atoms. The summed E-state index contributed by atoms with van der Waals surface area (Å²) in [5.74, 6) is 0. The number of hydrogen-bond acceptors (Lipinski definition) is 4. The predicted molar refractivity (Wildman–Crippen MR) is 76.9 cm³/mol. The molecular formula is C14H18N2OS. The van der Waals surface area contributed by atoms with E-state index in [1.54, 1.807) is 11.8 Å². The summed E-state index contributed by atoms with van der Waals surface area (Å²) in [4.78, 5) is 4.69. The van der Waals surface area contributed by atoms with Crippen molar-refractivity contribution in [2.75, 3.05) is 13.7 Å². The molecule has 0 bridgehead atoms. The first kappa shape index (κ1) is 13.3. The largest absolute Gasteiger partial charge is 0.395 e. The van der Waals surface area contributed by atoms with Gasteiger partial charge in [-0.3, -0.25) is 0 Å². The molecular weight excluding hydrogens is 244 g/mol. The monoisotopic (exact) mass is 262 g/mol. The summed E-state index contributed by atoms with van der Waals surface area (Å²) in [6, 6.07) is 10.3. The lowest BCUT2D eigenvalue weighted by molar-refractivity contribution is 0.300. The van der Waals surface area contributed by atoms with Crippen LogP contribution in [0.2, 0.25) is 0 Å². The molecule has 0 amide bonds. The van der Waals surface area contributed by atoms with Gasteiger partial charge in [0, 0.05) is 17.2 Å². The normalized spacial score (nSPS) is 12.8. The van der Waals surface area contributed by atoms with Crippen LogP contribution in [0.5, 0.6) is 0 Å². The van der Waals surface area contributed by atoms with E-state index in [1.807, 2.05) is 32.2 Å². The van der Waals surface area contributed by atoms with Gasteiger partial charge in [0.1, 0.15) is 5.03 Å². The van der Waals surface area contributed by atoms with E-state index >= 15 is 0 Å². The van der Waals surface area contributed by atoms with Crippen LogP contribution in [0.25, 0.3) is 10.9 Å².